The number of anilines is 1. The summed E-state index contributed by atoms with van der Waals surface area (Å²) in [6.07, 6.45) is 2.61. The van der Waals surface area contributed by atoms with Crippen molar-refractivity contribution in [2.24, 2.45) is 5.73 Å². The van der Waals surface area contributed by atoms with Gasteiger partial charge in [0.2, 0.25) is 5.91 Å². The number of methoxy groups -OCH3 is 1. The molecular weight excluding hydrogens is 252 g/mol. The molecule has 1 aromatic rings. The van der Waals surface area contributed by atoms with Crippen LogP contribution in [0.1, 0.15) is 12.1 Å². The highest BCUT2D eigenvalue weighted by Crippen LogP contribution is 2.11. The van der Waals surface area contributed by atoms with Crippen LogP contribution in [0, 0.1) is 6.92 Å². The van der Waals surface area contributed by atoms with E-state index in [9.17, 15) is 4.79 Å². The maximum atomic E-state index is 11.8. The molecule has 1 rings (SSSR count). The lowest BCUT2D eigenvalue weighted by Crippen LogP contribution is -2.36. The summed E-state index contributed by atoms with van der Waals surface area (Å²) in [6, 6.07) is 1.36. The van der Waals surface area contributed by atoms with E-state index in [1.807, 2.05) is 6.26 Å². The van der Waals surface area contributed by atoms with Crippen molar-refractivity contribution in [2.75, 3.05) is 24.4 Å². The van der Waals surface area contributed by atoms with Crippen LogP contribution < -0.4 is 15.8 Å². The molecule has 6 nitrogen and oxygen atoms in total. The zero-order chi connectivity index (χ0) is 13.5. The van der Waals surface area contributed by atoms with E-state index in [1.54, 1.807) is 24.8 Å². The average molecular weight is 270 g/mol. The van der Waals surface area contributed by atoms with E-state index in [0.29, 0.717) is 12.2 Å². The summed E-state index contributed by atoms with van der Waals surface area (Å²) in [7, 11) is 1.48. The molecule has 18 heavy (non-hydrogen) atoms. The van der Waals surface area contributed by atoms with Gasteiger partial charge in [0.15, 0.2) is 0 Å². The fraction of sp³-hybridized carbons (Fsp3) is 0.545. The standard InChI is InChI=1S/C11H18N4O2S/c1-7-6-9(15-11(13-7)17-2)14-10(16)8(12)4-5-18-3/h6,8H,4-5,12H2,1-3H3,(H,13,14,15,16)/t8-/m0/s1. The Hall–Kier alpha value is -1.34. The maximum Gasteiger partial charge on any atom is 0.318 e. The van der Waals surface area contributed by atoms with Gasteiger partial charge in [0.25, 0.3) is 0 Å². The number of nitrogens with zero attached hydrogens (tertiary/aromatic N) is 2. The van der Waals surface area contributed by atoms with E-state index in [1.165, 1.54) is 7.11 Å². The second-order valence-corrected chi connectivity index (χ2v) is 4.74. The van der Waals surface area contributed by atoms with Crippen molar-refractivity contribution in [3.05, 3.63) is 11.8 Å². The number of nitrogens with one attached hydrogen (secondary N) is 1. The van der Waals surface area contributed by atoms with Crippen LogP contribution in [0.25, 0.3) is 0 Å². The Morgan fingerprint density at radius 3 is 2.94 bits per heavy atom. The number of ether oxygens (including phenoxy) is 1. The predicted molar refractivity (Wildman–Crippen MR) is 72.9 cm³/mol. The van der Waals surface area contributed by atoms with Crippen LogP contribution in [0.2, 0.25) is 0 Å². The molecule has 1 atom stereocenters. The van der Waals surface area contributed by atoms with Gasteiger partial charge in [-0.2, -0.15) is 16.7 Å². The van der Waals surface area contributed by atoms with Gasteiger partial charge in [0, 0.05) is 11.8 Å². The van der Waals surface area contributed by atoms with Gasteiger partial charge in [-0.15, -0.1) is 0 Å². The molecule has 0 bridgehead atoms. The van der Waals surface area contributed by atoms with Crippen LogP contribution in [0.4, 0.5) is 5.82 Å². The number of rotatable bonds is 6. The van der Waals surface area contributed by atoms with Crippen LogP contribution in [-0.4, -0.2) is 41.0 Å². The summed E-state index contributed by atoms with van der Waals surface area (Å²) in [5.41, 5.74) is 6.48. The van der Waals surface area contributed by atoms with Gasteiger partial charge < -0.3 is 15.8 Å². The highest BCUT2D eigenvalue weighted by atomic mass is 32.2. The molecule has 0 saturated carbocycles. The van der Waals surface area contributed by atoms with Gasteiger partial charge in [-0.25, -0.2) is 4.98 Å². The third-order valence-corrected chi connectivity index (χ3v) is 2.88. The molecule has 100 valence electrons. The van der Waals surface area contributed by atoms with Crippen LogP contribution >= 0.6 is 11.8 Å². The van der Waals surface area contributed by atoms with E-state index in [4.69, 9.17) is 10.5 Å². The Balaban J connectivity index is 2.66. The van der Waals surface area contributed by atoms with Crippen molar-refractivity contribution in [2.45, 2.75) is 19.4 Å². The highest BCUT2D eigenvalue weighted by molar-refractivity contribution is 7.98. The molecule has 1 aromatic heterocycles. The van der Waals surface area contributed by atoms with Crippen molar-refractivity contribution in [1.29, 1.82) is 0 Å². The normalized spacial score (nSPS) is 12.0. The van der Waals surface area contributed by atoms with Crippen LogP contribution in [0.5, 0.6) is 6.01 Å². The molecule has 0 aliphatic carbocycles. The molecule has 0 aliphatic rings. The summed E-state index contributed by atoms with van der Waals surface area (Å²) in [5, 5.41) is 2.66. The molecule has 0 radical (unpaired) electrons. The monoisotopic (exact) mass is 270 g/mol. The van der Waals surface area contributed by atoms with Crippen molar-refractivity contribution in [1.82, 2.24) is 9.97 Å². The Bertz CT molecular complexity index is 414. The SMILES string of the molecule is COc1nc(C)cc(NC(=O)[C@@H](N)CCSC)n1. The molecule has 0 aromatic carbocycles. The molecule has 0 aliphatic heterocycles. The van der Waals surface area contributed by atoms with E-state index < -0.39 is 6.04 Å². The van der Waals surface area contributed by atoms with Crippen molar-refractivity contribution >= 4 is 23.5 Å². The number of carbonyl (C=O) groups excluding carboxylic acids is 1. The van der Waals surface area contributed by atoms with Crippen molar-refractivity contribution < 1.29 is 9.53 Å². The molecule has 3 N–H and O–H groups in total. The fourth-order valence-corrected chi connectivity index (χ4v) is 1.78. The molecule has 0 saturated heterocycles. The van der Waals surface area contributed by atoms with Crippen molar-refractivity contribution in [3.8, 4) is 6.01 Å². The Labute approximate surface area is 111 Å². The first-order chi connectivity index (χ1) is 8.56. The number of thioether (sulfide) groups is 1. The van der Waals surface area contributed by atoms with Crippen molar-refractivity contribution in [3.63, 3.8) is 0 Å². The summed E-state index contributed by atoms with van der Waals surface area (Å²) >= 11 is 1.66. The second-order valence-electron chi connectivity index (χ2n) is 3.76. The minimum absolute atomic E-state index is 0.225. The number of nitrogens with two attached hydrogens (primary N) is 1. The van der Waals surface area contributed by atoms with Crippen LogP contribution in [0.15, 0.2) is 6.07 Å². The largest absolute Gasteiger partial charge is 0.467 e. The molecule has 0 fully saturated rings. The average Bonchev–Trinajstić information content (AvgIpc) is 2.34. The molecular formula is C11H18N4O2S. The zero-order valence-electron chi connectivity index (χ0n) is 10.8. The lowest BCUT2D eigenvalue weighted by molar-refractivity contribution is -0.117. The summed E-state index contributed by atoms with van der Waals surface area (Å²) in [5.74, 6) is 1.01. The van der Waals surface area contributed by atoms with Gasteiger partial charge in [-0.1, -0.05) is 0 Å². The van der Waals surface area contributed by atoms with Crippen LogP contribution in [-0.2, 0) is 4.79 Å². The first-order valence-corrected chi connectivity index (χ1v) is 6.91. The van der Waals surface area contributed by atoms with Gasteiger partial charge in [-0.3, -0.25) is 4.79 Å². The molecule has 1 heterocycles. The zero-order valence-corrected chi connectivity index (χ0v) is 11.6. The lowest BCUT2D eigenvalue weighted by atomic mass is 10.2. The highest BCUT2D eigenvalue weighted by Gasteiger charge is 2.14. The minimum Gasteiger partial charge on any atom is -0.467 e. The first-order valence-electron chi connectivity index (χ1n) is 5.52. The number of carbonyl (C=O) groups is 1. The number of aromatic nitrogens is 2. The number of amides is 1. The topological polar surface area (TPSA) is 90.1 Å². The number of hydrogen-bond acceptors (Lipinski definition) is 6. The Morgan fingerprint density at radius 1 is 1.61 bits per heavy atom. The fourth-order valence-electron chi connectivity index (χ4n) is 1.29. The third-order valence-electron chi connectivity index (χ3n) is 2.24. The Morgan fingerprint density at radius 2 is 2.33 bits per heavy atom. The van der Waals surface area contributed by atoms with Gasteiger partial charge in [-0.05, 0) is 25.4 Å². The summed E-state index contributed by atoms with van der Waals surface area (Å²) < 4.78 is 4.93. The minimum atomic E-state index is -0.529. The quantitative estimate of drug-likeness (QED) is 0.795. The third kappa shape index (κ3) is 4.50. The lowest BCUT2D eigenvalue weighted by Gasteiger charge is -2.11. The first kappa shape index (κ1) is 14.7. The van der Waals surface area contributed by atoms with Gasteiger partial charge >= 0.3 is 6.01 Å². The number of hydrogen-bond donors (Lipinski definition) is 2. The van der Waals surface area contributed by atoms with E-state index in [2.05, 4.69) is 15.3 Å². The predicted octanol–water partition coefficient (Wildman–Crippen LogP) is 0.813. The number of aryl methyl sites for hydroxylation is 1. The molecule has 7 heteroatoms. The van der Waals surface area contributed by atoms with Crippen LogP contribution in [0.3, 0.4) is 0 Å². The molecule has 0 unspecified atom stereocenters. The van der Waals surface area contributed by atoms with Gasteiger partial charge in [0.05, 0.1) is 13.2 Å². The molecule has 0 spiro atoms. The smallest absolute Gasteiger partial charge is 0.318 e. The second kappa shape index (κ2) is 7.17. The summed E-state index contributed by atoms with van der Waals surface area (Å²) in [6.45, 7) is 1.80. The summed E-state index contributed by atoms with van der Waals surface area (Å²) in [4.78, 5) is 19.8. The maximum absolute atomic E-state index is 11.8. The molecule has 1 amide bonds. The Kier molecular flexibility index (Phi) is 5.87. The van der Waals surface area contributed by atoms with E-state index >= 15 is 0 Å². The van der Waals surface area contributed by atoms with Gasteiger partial charge in [0.1, 0.15) is 5.82 Å². The van der Waals surface area contributed by atoms with E-state index in [0.717, 1.165) is 11.4 Å². The van der Waals surface area contributed by atoms with E-state index in [-0.39, 0.29) is 11.9 Å².